The quantitative estimate of drug-likeness (QED) is 0.731. The van der Waals surface area contributed by atoms with Gasteiger partial charge in [0.05, 0.1) is 0 Å². The second kappa shape index (κ2) is 6.56. The monoisotopic (exact) mass is 337 g/mol. The Kier molecular flexibility index (Phi) is 5.03. The van der Waals surface area contributed by atoms with E-state index < -0.39 is 0 Å². The lowest BCUT2D eigenvalue weighted by Crippen LogP contribution is -2.21. The molecule has 0 bridgehead atoms. The highest BCUT2D eigenvalue weighted by Crippen LogP contribution is 2.23. The van der Waals surface area contributed by atoms with Crippen LogP contribution in [0.4, 0.5) is 0 Å². The van der Waals surface area contributed by atoms with Gasteiger partial charge in [0, 0.05) is 22.1 Å². The van der Waals surface area contributed by atoms with Crippen LogP contribution in [0.25, 0.3) is 0 Å². The first-order valence-electron chi connectivity index (χ1n) is 6.26. The Bertz CT molecular complexity index is 556. The average Bonchev–Trinajstić information content (AvgIpc) is 2.38. The Morgan fingerprint density at radius 3 is 2.58 bits per heavy atom. The molecule has 3 heteroatoms. The van der Waals surface area contributed by atoms with Gasteiger partial charge in [-0.3, -0.25) is 4.90 Å². The fourth-order valence-corrected chi connectivity index (χ4v) is 2.73. The highest BCUT2D eigenvalue weighted by atomic mass is 79.9. The van der Waals surface area contributed by atoms with Gasteiger partial charge >= 0.3 is 0 Å². The smallest absolute Gasteiger partial charge is 0.0409 e. The first kappa shape index (κ1) is 14.6. The summed E-state index contributed by atoms with van der Waals surface area (Å²) >= 11 is 9.56. The van der Waals surface area contributed by atoms with E-state index in [1.54, 1.807) is 0 Å². The van der Waals surface area contributed by atoms with Crippen LogP contribution in [0.3, 0.4) is 0 Å². The number of rotatable bonds is 4. The summed E-state index contributed by atoms with van der Waals surface area (Å²) in [6.07, 6.45) is 0. The molecule has 0 aliphatic rings. The predicted octanol–water partition coefficient (Wildman–Crippen LogP) is 5.30. The third-order valence-corrected chi connectivity index (χ3v) is 4.04. The van der Waals surface area contributed by atoms with Crippen LogP contribution in [0.2, 0.25) is 5.02 Å². The molecule has 1 unspecified atom stereocenters. The van der Waals surface area contributed by atoms with E-state index in [1.807, 2.05) is 24.3 Å². The van der Waals surface area contributed by atoms with Gasteiger partial charge in [0.15, 0.2) is 0 Å². The van der Waals surface area contributed by atoms with Crippen molar-refractivity contribution in [3.8, 4) is 0 Å². The van der Waals surface area contributed by atoms with Crippen LogP contribution in [0.5, 0.6) is 0 Å². The third kappa shape index (κ3) is 4.07. The summed E-state index contributed by atoms with van der Waals surface area (Å²) in [6.45, 7) is 3.11. The summed E-state index contributed by atoms with van der Waals surface area (Å²) in [5, 5.41) is 0.792. The predicted molar refractivity (Wildman–Crippen MR) is 85.5 cm³/mol. The normalized spacial score (nSPS) is 12.7. The van der Waals surface area contributed by atoms with Crippen LogP contribution in [0, 0.1) is 0 Å². The number of benzene rings is 2. The maximum atomic E-state index is 6.05. The van der Waals surface area contributed by atoms with E-state index in [4.69, 9.17) is 11.6 Å². The lowest BCUT2D eigenvalue weighted by Gasteiger charge is -2.25. The lowest BCUT2D eigenvalue weighted by molar-refractivity contribution is 0.253. The van der Waals surface area contributed by atoms with E-state index in [9.17, 15) is 0 Å². The first-order chi connectivity index (χ1) is 9.06. The van der Waals surface area contributed by atoms with Crippen LogP contribution in [-0.4, -0.2) is 11.9 Å². The molecule has 2 rings (SSSR count). The van der Waals surface area contributed by atoms with E-state index in [1.165, 1.54) is 11.1 Å². The molecule has 100 valence electrons. The van der Waals surface area contributed by atoms with Gasteiger partial charge in [-0.15, -0.1) is 0 Å². The second-order valence-electron chi connectivity index (χ2n) is 4.78. The maximum Gasteiger partial charge on any atom is 0.0409 e. The fraction of sp³-hybridized carbons (Fsp3) is 0.250. The molecule has 0 aliphatic heterocycles. The standard InChI is InChI=1S/C16H17BrClN/c1-12(14-6-4-8-16(18)10-14)19(2)11-13-5-3-7-15(17)9-13/h3-10,12H,11H2,1-2H3. The highest BCUT2D eigenvalue weighted by molar-refractivity contribution is 9.10. The van der Waals surface area contributed by atoms with Crippen molar-refractivity contribution in [2.75, 3.05) is 7.05 Å². The summed E-state index contributed by atoms with van der Waals surface area (Å²) in [7, 11) is 2.13. The Morgan fingerprint density at radius 1 is 1.16 bits per heavy atom. The topological polar surface area (TPSA) is 3.24 Å². The van der Waals surface area contributed by atoms with Gasteiger partial charge in [0.25, 0.3) is 0 Å². The molecule has 0 aromatic heterocycles. The Hall–Kier alpha value is -0.830. The third-order valence-electron chi connectivity index (χ3n) is 3.31. The first-order valence-corrected chi connectivity index (χ1v) is 7.43. The van der Waals surface area contributed by atoms with Crippen LogP contribution in [-0.2, 0) is 6.54 Å². The minimum Gasteiger partial charge on any atom is -0.295 e. The molecule has 0 saturated carbocycles. The molecule has 1 atom stereocenters. The summed E-state index contributed by atoms with van der Waals surface area (Å²) in [4.78, 5) is 2.31. The van der Waals surface area contributed by atoms with Crippen molar-refractivity contribution in [2.45, 2.75) is 19.5 Å². The molecule has 1 nitrogen and oxygen atoms in total. The molecule has 0 N–H and O–H groups in total. The molecule has 0 fully saturated rings. The van der Waals surface area contributed by atoms with Crippen LogP contribution in [0.1, 0.15) is 24.1 Å². The summed E-state index contributed by atoms with van der Waals surface area (Å²) in [6, 6.07) is 16.8. The fourth-order valence-electron chi connectivity index (χ4n) is 2.08. The van der Waals surface area contributed by atoms with Crippen molar-refractivity contribution in [2.24, 2.45) is 0 Å². The van der Waals surface area contributed by atoms with Crippen molar-refractivity contribution in [3.05, 3.63) is 69.2 Å². The molecular formula is C16H17BrClN. The Labute approximate surface area is 128 Å². The second-order valence-corrected chi connectivity index (χ2v) is 6.13. The summed E-state index contributed by atoms with van der Waals surface area (Å²) in [5.41, 5.74) is 2.54. The van der Waals surface area contributed by atoms with Crippen LogP contribution in [0.15, 0.2) is 53.0 Å². The van der Waals surface area contributed by atoms with Gasteiger partial charge in [0.1, 0.15) is 0 Å². The van der Waals surface area contributed by atoms with E-state index in [-0.39, 0.29) is 0 Å². The molecule has 0 spiro atoms. The average molecular weight is 339 g/mol. The number of hydrogen-bond donors (Lipinski definition) is 0. The number of hydrogen-bond acceptors (Lipinski definition) is 1. The maximum absolute atomic E-state index is 6.05. The van der Waals surface area contributed by atoms with Crippen molar-refractivity contribution < 1.29 is 0 Å². The van der Waals surface area contributed by atoms with Gasteiger partial charge in [-0.05, 0) is 49.4 Å². The van der Waals surface area contributed by atoms with E-state index in [0.717, 1.165) is 16.0 Å². The molecule has 19 heavy (non-hydrogen) atoms. The van der Waals surface area contributed by atoms with Crippen molar-refractivity contribution in [1.29, 1.82) is 0 Å². The van der Waals surface area contributed by atoms with E-state index in [2.05, 4.69) is 59.1 Å². The van der Waals surface area contributed by atoms with Gasteiger partial charge in [-0.1, -0.05) is 51.8 Å². The molecule has 0 aliphatic carbocycles. The van der Waals surface area contributed by atoms with Crippen LogP contribution < -0.4 is 0 Å². The van der Waals surface area contributed by atoms with E-state index in [0.29, 0.717) is 6.04 Å². The molecular weight excluding hydrogens is 322 g/mol. The van der Waals surface area contributed by atoms with Gasteiger partial charge in [-0.25, -0.2) is 0 Å². The number of halogens is 2. The molecule has 0 saturated heterocycles. The number of nitrogens with zero attached hydrogens (tertiary/aromatic N) is 1. The molecule has 2 aromatic rings. The van der Waals surface area contributed by atoms with Gasteiger partial charge < -0.3 is 0 Å². The van der Waals surface area contributed by atoms with Crippen LogP contribution >= 0.6 is 27.5 Å². The molecule has 0 radical (unpaired) electrons. The lowest BCUT2D eigenvalue weighted by atomic mass is 10.1. The summed E-state index contributed by atoms with van der Waals surface area (Å²) < 4.78 is 1.12. The zero-order chi connectivity index (χ0) is 13.8. The minimum atomic E-state index is 0.331. The molecule has 0 heterocycles. The van der Waals surface area contributed by atoms with E-state index >= 15 is 0 Å². The molecule has 2 aromatic carbocycles. The van der Waals surface area contributed by atoms with Crippen molar-refractivity contribution in [3.63, 3.8) is 0 Å². The molecule has 0 amide bonds. The zero-order valence-electron chi connectivity index (χ0n) is 11.1. The van der Waals surface area contributed by atoms with Gasteiger partial charge in [-0.2, -0.15) is 0 Å². The zero-order valence-corrected chi connectivity index (χ0v) is 13.4. The Morgan fingerprint density at radius 2 is 1.89 bits per heavy atom. The highest BCUT2D eigenvalue weighted by Gasteiger charge is 2.12. The van der Waals surface area contributed by atoms with Crippen molar-refractivity contribution >= 4 is 27.5 Å². The summed E-state index contributed by atoms with van der Waals surface area (Å²) in [5.74, 6) is 0. The minimum absolute atomic E-state index is 0.331. The van der Waals surface area contributed by atoms with Gasteiger partial charge in [0.2, 0.25) is 0 Å². The SMILES string of the molecule is CC(c1cccc(Cl)c1)N(C)Cc1cccc(Br)c1. The Balaban J connectivity index is 2.09. The van der Waals surface area contributed by atoms with Crippen molar-refractivity contribution in [1.82, 2.24) is 4.90 Å². The largest absolute Gasteiger partial charge is 0.295 e.